The number of hydrogen-bond donors (Lipinski definition) is 1. The fraction of sp³-hybridized carbons (Fsp3) is 0.529. The number of hydrogen-bond acceptors (Lipinski definition) is 3. The van der Waals surface area contributed by atoms with E-state index in [0.29, 0.717) is 11.3 Å². The molecule has 1 aromatic heterocycles. The average molecular weight is 305 g/mol. The van der Waals surface area contributed by atoms with Gasteiger partial charge in [-0.1, -0.05) is 18.2 Å². The molecule has 0 saturated carbocycles. The van der Waals surface area contributed by atoms with Gasteiger partial charge in [0.15, 0.2) is 5.22 Å². The van der Waals surface area contributed by atoms with Gasteiger partial charge in [0.25, 0.3) is 0 Å². The van der Waals surface area contributed by atoms with Crippen LogP contribution in [0.1, 0.15) is 31.2 Å². The highest BCUT2D eigenvalue weighted by Gasteiger charge is 2.31. The second-order valence-corrected chi connectivity index (χ2v) is 6.63. The van der Waals surface area contributed by atoms with Crippen LogP contribution in [0.5, 0.6) is 0 Å². The van der Waals surface area contributed by atoms with Crippen molar-refractivity contribution in [2.24, 2.45) is 0 Å². The molecule has 4 heteroatoms. The monoisotopic (exact) mass is 304 g/mol. The van der Waals surface area contributed by atoms with E-state index in [1.807, 2.05) is 18.2 Å². The first-order chi connectivity index (χ1) is 10.3. The summed E-state index contributed by atoms with van der Waals surface area (Å²) >= 11 is 6.26. The lowest BCUT2D eigenvalue weighted by molar-refractivity contribution is 0.166. The Bertz CT molecular complexity index is 639. The van der Waals surface area contributed by atoms with E-state index in [1.54, 1.807) is 0 Å². The van der Waals surface area contributed by atoms with Crippen LogP contribution in [0.15, 0.2) is 28.7 Å². The SMILES string of the molecule is Clc1oc2ccccc2c1CNC1CCN2CCCC2C1. The first-order valence-corrected chi connectivity index (χ1v) is 8.32. The molecule has 21 heavy (non-hydrogen) atoms. The van der Waals surface area contributed by atoms with Gasteiger partial charge in [0.05, 0.1) is 0 Å². The number of nitrogens with one attached hydrogen (secondary N) is 1. The zero-order valence-corrected chi connectivity index (χ0v) is 12.9. The van der Waals surface area contributed by atoms with E-state index >= 15 is 0 Å². The second-order valence-electron chi connectivity index (χ2n) is 6.28. The quantitative estimate of drug-likeness (QED) is 0.935. The van der Waals surface area contributed by atoms with E-state index in [-0.39, 0.29) is 0 Å². The summed E-state index contributed by atoms with van der Waals surface area (Å²) in [6.07, 6.45) is 5.25. The second kappa shape index (κ2) is 5.64. The Morgan fingerprint density at radius 2 is 2.14 bits per heavy atom. The van der Waals surface area contributed by atoms with Crippen molar-refractivity contribution in [1.82, 2.24) is 10.2 Å². The molecule has 4 rings (SSSR count). The highest BCUT2D eigenvalue weighted by Crippen LogP contribution is 2.31. The normalized spacial score (nSPS) is 26.3. The molecular weight excluding hydrogens is 284 g/mol. The van der Waals surface area contributed by atoms with Crippen LogP contribution in [-0.4, -0.2) is 30.1 Å². The van der Waals surface area contributed by atoms with Gasteiger partial charge in [-0.2, -0.15) is 0 Å². The fourth-order valence-corrected chi connectivity index (χ4v) is 4.14. The van der Waals surface area contributed by atoms with E-state index in [1.165, 1.54) is 38.8 Å². The van der Waals surface area contributed by atoms with Crippen molar-refractivity contribution in [3.05, 3.63) is 35.0 Å². The van der Waals surface area contributed by atoms with Gasteiger partial charge in [0.1, 0.15) is 5.58 Å². The first kappa shape index (κ1) is 13.6. The number of para-hydroxylation sites is 1. The van der Waals surface area contributed by atoms with Gasteiger partial charge >= 0.3 is 0 Å². The first-order valence-electron chi connectivity index (χ1n) is 7.94. The Hall–Kier alpha value is -1.03. The predicted molar refractivity (Wildman–Crippen MR) is 85.7 cm³/mol. The molecular formula is C17H21ClN2O. The molecule has 112 valence electrons. The Balaban J connectivity index is 1.45. The third kappa shape index (κ3) is 2.59. The van der Waals surface area contributed by atoms with Gasteiger partial charge < -0.3 is 14.6 Å². The number of nitrogens with zero attached hydrogens (tertiary/aromatic N) is 1. The number of benzene rings is 1. The summed E-state index contributed by atoms with van der Waals surface area (Å²) in [5.74, 6) is 0. The maximum absolute atomic E-state index is 6.26. The number of halogens is 1. The molecule has 2 saturated heterocycles. The summed E-state index contributed by atoms with van der Waals surface area (Å²) in [6, 6.07) is 9.48. The lowest BCUT2D eigenvalue weighted by atomic mass is 9.97. The largest absolute Gasteiger partial charge is 0.444 e. The van der Waals surface area contributed by atoms with Gasteiger partial charge in [-0.3, -0.25) is 0 Å². The smallest absolute Gasteiger partial charge is 0.199 e. The minimum Gasteiger partial charge on any atom is -0.444 e. The molecule has 2 unspecified atom stereocenters. The van der Waals surface area contributed by atoms with Crippen LogP contribution >= 0.6 is 11.6 Å². The molecule has 3 nitrogen and oxygen atoms in total. The van der Waals surface area contributed by atoms with Crippen LogP contribution in [0.2, 0.25) is 5.22 Å². The summed E-state index contributed by atoms with van der Waals surface area (Å²) in [5, 5.41) is 5.36. The number of piperidine rings is 1. The van der Waals surface area contributed by atoms with Crippen molar-refractivity contribution in [3.63, 3.8) is 0 Å². The standard InChI is InChI=1S/C17H21ClN2O/c18-17-15(14-5-1-2-6-16(14)21-17)11-19-12-7-9-20-8-3-4-13(20)10-12/h1-2,5-6,12-13,19H,3-4,7-11H2. The van der Waals surface area contributed by atoms with Crippen molar-refractivity contribution in [2.75, 3.05) is 13.1 Å². The molecule has 2 fully saturated rings. The average Bonchev–Trinajstić information content (AvgIpc) is 3.08. The summed E-state index contributed by atoms with van der Waals surface area (Å²) < 4.78 is 5.63. The van der Waals surface area contributed by atoms with Gasteiger partial charge in [-0.25, -0.2) is 0 Å². The number of fused-ring (bicyclic) bond motifs is 2. The predicted octanol–water partition coefficient (Wildman–Crippen LogP) is 3.80. The van der Waals surface area contributed by atoms with Crippen LogP contribution in [0.25, 0.3) is 11.0 Å². The Morgan fingerprint density at radius 3 is 3.10 bits per heavy atom. The maximum atomic E-state index is 6.26. The van der Waals surface area contributed by atoms with Gasteiger partial charge in [-0.15, -0.1) is 0 Å². The molecule has 0 radical (unpaired) electrons. The molecule has 0 bridgehead atoms. The minimum atomic E-state index is 0.530. The molecule has 2 aromatic rings. The molecule has 0 spiro atoms. The third-order valence-electron chi connectivity index (χ3n) is 5.04. The van der Waals surface area contributed by atoms with Crippen LogP contribution in [0.4, 0.5) is 0 Å². The number of furan rings is 1. The molecule has 2 aliphatic heterocycles. The lowest BCUT2D eigenvalue weighted by Crippen LogP contribution is -2.45. The van der Waals surface area contributed by atoms with Gasteiger partial charge in [-0.05, 0) is 56.4 Å². The third-order valence-corrected chi connectivity index (χ3v) is 5.34. The number of rotatable bonds is 3. The molecule has 1 N–H and O–H groups in total. The van der Waals surface area contributed by atoms with E-state index in [2.05, 4.69) is 16.3 Å². The molecule has 2 aliphatic rings. The Kier molecular flexibility index (Phi) is 3.66. The maximum Gasteiger partial charge on any atom is 0.199 e. The Labute approximate surface area is 130 Å². The molecule has 0 amide bonds. The van der Waals surface area contributed by atoms with E-state index in [4.69, 9.17) is 16.0 Å². The van der Waals surface area contributed by atoms with Crippen LogP contribution in [-0.2, 0) is 6.54 Å². The lowest BCUT2D eigenvalue weighted by Gasteiger charge is -2.35. The molecule has 2 atom stereocenters. The van der Waals surface area contributed by atoms with Crippen molar-refractivity contribution in [1.29, 1.82) is 0 Å². The fourth-order valence-electron chi connectivity index (χ4n) is 3.89. The summed E-state index contributed by atoms with van der Waals surface area (Å²) in [7, 11) is 0. The molecule has 1 aromatic carbocycles. The topological polar surface area (TPSA) is 28.4 Å². The van der Waals surface area contributed by atoms with Crippen molar-refractivity contribution in [2.45, 2.75) is 44.3 Å². The summed E-state index contributed by atoms with van der Waals surface area (Å²) in [4.78, 5) is 2.65. The van der Waals surface area contributed by atoms with Crippen LogP contribution in [0.3, 0.4) is 0 Å². The summed E-state index contributed by atoms with van der Waals surface area (Å²) in [5.41, 5.74) is 1.98. The Morgan fingerprint density at radius 1 is 1.24 bits per heavy atom. The van der Waals surface area contributed by atoms with Gasteiger partial charge in [0.2, 0.25) is 0 Å². The summed E-state index contributed by atoms with van der Waals surface area (Å²) in [6.45, 7) is 3.34. The van der Waals surface area contributed by atoms with Crippen molar-refractivity contribution >= 4 is 22.6 Å². The van der Waals surface area contributed by atoms with E-state index in [9.17, 15) is 0 Å². The highest BCUT2D eigenvalue weighted by molar-refractivity contribution is 6.30. The molecule has 3 heterocycles. The highest BCUT2D eigenvalue weighted by atomic mass is 35.5. The van der Waals surface area contributed by atoms with Gasteiger partial charge in [0, 0.05) is 29.6 Å². The minimum absolute atomic E-state index is 0.530. The van der Waals surface area contributed by atoms with Crippen molar-refractivity contribution in [3.8, 4) is 0 Å². The molecule has 0 aliphatic carbocycles. The zero-order chi connectivity index (χ0) is 14.2. The van der Waals surface area contributed by atoms with Crippen LogP contribution < -0.4 is 5.32 Å². The van der Waals surface area contributed by atoms with Crippen molar-refractivity contribution < 1.29 is 4.42 Å². The van der Waals surface area contributed by atoms with E-state index < -0.39 is 0 Å². The van der Waals surface area contributed by atoms with E-state index in [0.717, 1.165) is 29.1 Å². The van der Waals surface area contributed by atoms with Crippen LogP contribution in [0, 0.1) is 0 Å². The zero-order valence-electron chi connectivity index (χ0n) is 12.1.